The number of hydrogen-bond acceptors (Lipinski definition) is 3. The summed E-state index contributed by atoms with van der Waals surface area (Å²) in [5.41, 5.74) is 11.0. The third-order valence-corrected chi connectivity index (χ3v) is 10.9. The molecule has 4 nitrogen and oxygen atoms in total. The monoisotopic (exact) mass is 692 g/mol. The van der Waals surface area contributed by atoms with Gasteiger partial charge in [0.1, 0.15) is 0 Å². The summed E-state index contributed by atoms with van der Waals surface area (Å²) in [6.07, 6.45) is 16.1. The van der Waals surface area contributed by atoms with Crippen LogP contribution in [0.25, 0.3) is 78.4 Å². The molecular weight excluding hydrogens is 657 g/mol. The van der Waals surface area contributed by atoms with Gasteiger partial charge in [-0.15, -0.1) is 0 Å². The van der Waals surface area contributed by atoms with E-state index in [2.05, 4.69) is 145 Å². The van der Waals surface area contributed by atoms with Gasteiger partial charge in [0.15, 0.2) is 17.5 Å². The molecule has 0 radical (unpaired) electrons. The third-order valence-electron chi connectivity index (χ3n) is 10.9. The van der Waals surface area contributed by atoms with Gasteiger partial charge in [-0.1, -0.05) is 171 Å². The average molecular weight is 693 g/mol. The van der Waals surface area contributed by atoms with Crippen molar-refractivity contribution in [3.63, 3.8) is 0 Å². The van der Waals surface area contributed by atoms with E-state index in [9.17, 15) is 0 Å². The van der Waals surface area contributed by atoms with Gasteiger partial charge in [-0.05, 0) is 52.6 Å². The number of para-hydroxylation sites is 1. The first kappa shape index (κ1) is 31.8. The van der Waals surface area contributed by atoms with Gasteiger partial charge in [-0.3, -0.25) is 0 Å². The van der Waals surface area contributed by atoms with Crippen molar-refractivity contribution in [1.29, 1.82) is 0 Å². The van der Waals surface area contributed by atoms with Crippen LogP contribution in [0.15, 0.2) is 194 Å². The zero-order valence-corrected chi connectivity index (χ0v) is 29.8. The highest BCUT2D eigenvalue weighted by Gasteiger charge is 2.31. The Balaban J connectivity index is 1.19. The maximum atomic E-state index is 5.05. The summed E-state index contributed by atoms with van der Waals surface area (Å²) < 4.78 is 2.41. The van der Waals surface area contributed by atoms with Crippen molar-refractivity contribution in [1.82, 2.24) is 19.5 Å². The van der Waals surface area contributed by atoms with E-state index in [-0.39, 0.29) is 5.41 Å². The Hall–Kier alpha value is -6.91. The molecule has 2 aliphatic rings. The Morgan fingerprint density at radius 1 is 0.500 bits per heavy atom. The topological polar surface area (TPSA) is 43.6 Å². The largest absolute Gasteiger partial charge is 0.309 e. The molecule has 0 N–H and O–H groups in total. The van der Waals surface area contributed by atoms with Crippen molar-refractivity contribution in [2.45, 2.75) is 6.92 Å². The van der Waals surface area contributed by atoms with Crippen LogP contribution in [-0.4, -0.2) is 19.5 Å². The van der Waals surface area contributed by atoms with Crippen molar-refractivity contribution < 1.29 is 0 Å². The Morgan fingerprint density at radius 3 is 1.70 bits per heavy atom. The Kier molecular flexibility index (Phi) is 7.62. The molecule has 8 aromatic rings. The number of benzene rings is 6. The minimum Gasteiger partial charge on any atom is -0.309 e. The minimum absolute atomic E-state index is 0.0223. The van der Waals surface area contributed by atoms with Crippen LogP contribution >= 0.6 is 0 Å². The molecule has 54 heavy (non-hydrogen) atoms. The maximum Gasteiger partial charge on any atom is 0.164 e. The fourth-order valence-electron chi connectivity index (χ4n) is 8.07. The third kappa shape index (κ3) is 5.43. The molecule has 0 bridgehead atoms. The molecule has 0 aliphatic heterocycles. The number of rotatable bonds is 6. The van der Waals surface area contributed by atoms with Gasteiger partial charge in [-0.2, -0.15) is 0 Å². The summed E-state index contributed by atoms with van der Waals surface area (Å²) in [4.78, 5) is 15.0. The van der Waals surface area contributed by atoms with Crippen molar-refractivity contribution in [3.05, 3.63) is 200 Å². The highest BCUT2D eigenvalue weighted by Crippen LogP contribution is 2.46. The van der Waals surface area contributed by atoms with Crippen molar-refractivity contribution in [2.24, 2.45) is 11.3 Å². The summed E-state index contributed by atoms with van der Waals surface area (Å²) in [7, 11) is 0. The molecule has 256 valence electrons. The van der Waals surface area contributed by atoms with E-state index in [0.717, 1.165) is 39.0 Å². The SMILES string of the molecule is CC12C=CC=CC1C=C(c1cccc3c1c1c(-c4cccc(-c5nc(-c6ccccc6)nc(-c6ccccc6)n5)c4)cccc1n3-c1ccccc1)C=C2. The van der Waals surface area contributed by atoms with E-state index in [1.807, 2.05) is 60.7 Å². The minimum atomic E-state index is -0.0223. The van der Waals surface area contributed by atoms with Crippen LogP contribution in [0.1, 0.15) is 12.5 Å². The molecule has 6 aromatic carbocycles. The molecule has 0 amide bonds. The standard InChI is InChI=1S/C50H36N4/c1-50-30-12-11-22-39(50)33-37(29-31-50)42-26-15-28-44-46(42)45-41(25-14-27-43(45)54(44)40-23-9-4-10-24-40)36-20-13-21-38(32-36)49-52-47(34-16-5-2-6-17-34)51-48(53-49)35-18-7-3-8-19-35/h2-33,39H,1H3. The summed E-state index contributed by atoms with van der Waals surface area (Å²) in [5, 5.41) is 2.46. The number of fused-ring (bicyclic) bond motifs is 4. The van der Waals surface area contributed by atoms with Crippen LogP contribution in [-0.2, 0) is 0 Å². The van der Waals surface area contributed by atoms with Gasteiger partial charge >= 0.3 is 0 Å². The van der Waals surface area contributed by atoms with Crippen molar-refractivity contribution in [2.75, 3.05) is 0 Å². The fourth-order valence-corrected chi connectivity index (χ4v) is 8.07. The lowest BCUT2D eigenvalue weighted by molar-refractivity contribution is 0.454. The smallest absolute Gasteiger partial charge is 0.164 e. The van der Waals surface area contributed by atoms with E-state index in [1.165, 1.54) is 27.4 Å². The van der Waals surface area contributed by atoms with E-state index in [1.54, 1.807) is 0 Å². The lowest BCUT2D eigenvalue weighted by Gasteiger charge is -2.34. The van der Waals surface area contributed by atoms with Crippen LogP contribution in [0.4, 0.5) is 0 Å². The number of aromatic nitrogens is 4. The highest BCUT2D eigenvalue weighted by atomic mass is 15.0. The van der Waals surface area contributed by atoms with Crippen molar-refractivity contribution >= 4 is 27.4 Å². The molecule has 4 heteroatoms. The maximum absolute atomic E-state index is 5.05. The predicted molar refractivity (Wildman–Crippen MR) is 223 cm³/mol. The molecule has 2 unspecified atom stereocenters. The first-order chi connectivity index (χ1) is 26.6. The second-order valence-corrected chi connectivity index (χ2v) is 14.3. The molecule has 0 spiro atoms. The Morgan fingerprint density at radius 2 is 1.04 bits per heavy atom. The molecule has 10 rings (SSSR count). The van der Waals surface area contributed by atoms with E-state index >= 15 is 0 Å². The molecule has 2 aromatic heterocycles. The lowest BCUT2D eigenvalue weighted by Crippen LogP contribution is -2.23. The van der Waals surface area contributed by atoms with Crippen LogP contribution in [0.5, 0.6) is 0 Å². The zero-order chi connectivity index (χ0) is 36.1. The second-order valence-electron chi connectivity index (χ2n) is 14.3. The molecule has 2 aliphatic carbocycles. The molecule has 0 saturated carbocycles. The number of allylic oxidation sites excluding steroid dienone is 8. The van der Waals surface area contributed by atoms with Crippen molar-refractivity contribution in [3.8, 4) is 51.0 Å². The number of nitrogens with zero attached hydrogens (tertiary/aromatic N) is 4. The first-order valence-electron chi connectivity index (χ1n) is 18.5. The summed E-state index contributed by atoms with van der Waals surface area (Å²) in [6.45, 7) is 2.31. The first-order valence-corrected chi connectivity index (χ1v) is 18.5. The van der Waals surface area contributed by atoms with Gasteiger partial charge in [-0.25, -0.2) is 15.0 Å². The van der Waals surface area contributed by atoms with E-state index in [0.29, 0.717) is 23.4 Å². The van der Waals surface area contributed by atoms with Crippen LogP contribution in [0.3, 0.4) is 0 Å². The van der Waals surface area contributed by atoms with Crippen LogP contribution in [0.2, 0.25) is 0 Å². The lowest BCUT2D eigenvalue weighted by atomic mass is 9.70. The quantitative estimate of drug-likeness (QED) is 0.174. The second kappa shape index (κ2) is 12.9. The van der Waals surface area contributed by atoms with Crippen LogP contribution in [0, 0.1) is 11.3 Å². The van der Waals surface area contributed by atoms with E-state index < -0.39 is 0 Å². The van der Waals surface area contributed by atoms with E-state index in [4.69, 9.17) is 15.0 Å². The van der Waals surface area contributed by atoms with Crippen LogP contribution < -0.4 is 0 Å². The molecule has 0 fully saturated rings. The molecular formula is C50H36N4. The van der Waals surface area contributed by atoms with Gasteiger partial charge in [0.2, 0.25) is 0 Å². The summed E-state index contributed by atoms with van der Waals surface area (Å²) in [6, 6.07) is 53.0. The average Bonchev–Trinajstić information content (AvgIpc) is 3.59. The summed E-state index contributed by atoms with van der Waals surface area (Å²) >= 11 is 0. The van der Waals surface area contributed by atoms with Gasteiger partial charge in [0, 0.05) is 44.5 Å². The Bertz CT molecular complexity index is 2770. The van der Waals surface area contributed by atoms with Gasteiger partial charge in [0.05, 0.1) is 11.0 Å². The molecule has 2 heterocycles. The fraction of sp³-hybridized carbons (Fsp3) is 0.0600. The summed E-state index contributed by atoms with van der Waals surface area (Å²) in [5.74, 6) is 2.23. The Labute approximate surface area is 314 Å². The molecule has 2 atom stereocenters. The highest BCUT2D eigenvalue weighted by molar-refractivity contribution is 6.19. The van der Waals surface area contributed by atoms with Gasteiger partial charge in [0.25, 0.3) is 0 Å². The zero-order valence-electron chi connectivity index (χ0n) is 29.8. The molecule has 0 saturated heterocycles. The van der Waals surface area contributed by atoms with Gasteiger partial charge < -0.3 is 4.57 Å². The number of hydrogen-bond donors (Lipinski definition) is 0. The predicted octanol–water partition coefficient (Wildman–Crippen LogP) is 12.3. The normalized spacial score (nSPS) is 17.5.